The second-order valence-corrected chi connectivity index (χ2v) is 4.95. The Morgan fingerprint density at radius 2 is 1.69 bits per heavy atom. The van der Waals surface area contributed by atoms with E-state index in [1.165, 1.54) is 0 Å². The van der Waals surface area contributed by atoms with Gasteiger partial charge in [0.1, 0.15) is 5.75 Å². The Balaban J connectivity index is 2.85. The van der Waals surface area contributed by atoms with E-state index in [2.05, 4.69) is 6.07 Å². The third-order valence-corrected chi connectivity index (χ3v) is 2.84. The highest BCUT2D eigenvalue weighted by Gasteiger charge is 2.27. The summed E-state index contributed by atoms with van der Waals surface area (Å²) in [6.07, 6.45) is 0.774. The van der Waals surface area contributed by atoms with E-state index in [0.29, 0.717) is 5.75 Å². The molecular formula is C14H20O2. The summed E-state index contributed by atoms with van der Waals surface area (Å²) in [4.78, 5) is 11.9. The minimum Gasteiger partial charge on any atom is -0.426 e. The summed E-state index contributed by atoms with van der Waals surface area (Å²) >= 11 is 0. The van der Waals surface area contributed by atoms with Crippen LogP contribution in [0.3, 0.4) is 0 Å². The molecule has 1 aromatic rings. The first-order valence-electron chi connectivity index (χ1n) is 5.66. The summed E-state index contributed by atoms with van der Waals surface area (Å²) in [5.41, 5.74) is 1.80. The molecule has 0 saturated carbocycles. The van der Waals surface area contributed by atoms with Crippen molar-refractivity contribution in [3.05, 3.63) is 29.3 Å². The van der Waals surface area contributed by atoms with Crippen LogP contribution in [0.5, 0.6) is 5.75 Å². The molecule has 0 aliphatic rings. The largest absolute Gasteiger partial charge is 0.426 e. The summed E-state index contributed by atoms with van der Waals surface area (Å²) in [7, 11) is 0. The molecular weight excluding hydrogens is 200 g/mol. The third-order valence-electron chi connectivity index (χ3n) is 2.84. The summed E-state index contributed by atoms with van der Waals surface area (Å²) in [6, 6.07) is 5.83. The molecule has 1 aromatic carbocycles. The van der Waals surface area contributed by atoms with Crippen LogP contribution in [0.1, 0.15) is 38.3 Å². The van der Waals surface area contributed by atoms with Gasteiger partial charge in [0.2, 0.25) is 0 Å². The lowest BCUT2D eigenvalue weighted by Gasteiger charge is -2.20. The molecule has 0 aliphatic heterocycles. The number of hydrogen-bond donors (Lipinski definition) is 0. The first kappa shape index (κ1) is 12.8. The van der Waals surface area contributed by atoms with Crippen LogP contribution < -0.4 is 4.74 Å². The molecule has 16 heavy (non-hydrogen) atoms. The van der Waals surface area contributed by atoms with Gasteiger partial charge < -0.3 is 4.74 Å². The molecule has 0 aliphatic carbocycles. The van der Waals surface area contributed by atoms with E-state index in [0.717, 1.165) is 17.5 Å². The Morgan fingerprint density at radius 1 is 1.19 bits per heavy atom. The fourth-order valence-corrected chi connectivity index (χ4v) is 1.38. The van der Waals surface area contributed by atoms with E-state index in [1.54, 1.807) is 0 Å². The molecule has 0 saturated heterocycles. The van der Waals surface area contributed by atoms with E-state index in [-0.39, 0.29) is 5.97 Å². The van der Waals surface area contributed by atoms with Gasteiger partial charge in [-0.2, -0.15) is 0 Å². The zero-order chi connectivity index (χ0) is 12.3. The molecule has 0 aromatic heterocycles. The van der Waals surface area contributed by atoms with Crippen LogP contribution >= 0.6 is 0 Å². The normalized spacial score (nSPS) is 11.3. The van der Waals surface area contributed by atoms with Crippen molar-refractivity contribution in [2.75, 3.05) is 0 Å². The molecule has 2 heteroatoms. The molecule has 0 atom stereocenters. The monoisotopic (exact) mass is 220 g/mol. The minimum atomic E-state index is -0.419. The van der Waals surface area contributed by atoms with Crippen molar-refractivity contribution in [3.8, 4) is 5.75 Å². The molecule has 0 unspecified atom stereocenters. The average molecular weight is 220 g/mol. The van der Waals surface area contributed by atoms with Crippen LogP contribution in [0.25, 0.3) is 0 Å². The second kappa shape index (κ2) is 4.69. The van der Waals surface area contributed by atoms with Gasteiger partial charge in [-0.1, -0.05) is 13.0 Å². The summed E-state index contributed by atoms with van der Waals surface area (Å²) in [5, 5.41) is 0. The van der Waals surface area contributed by atoms with Gasteiger partial charge in [-0.3, -0.25) is 4.79 Å². The van der Waals surface area contributed by atoms with Crippen molar-refractivity contribution in [3.63, 3.8) is 0 Å². The van der Waals surface area contributed by atoms with Crippen LogP contribution in [-0.4, -0.2) is 5.97 Å². The van der Waals surface area contributed by atoms with E-state index in [9.17, 15) is 4.79 Å². The third kappa shape index (κ3) is 3.09. The first-order valence-corrected chi connectivity index (χ1v) is 5.66. The van der Waals surface area contributed by atoms with Gasteiger partial charge in [0.25, 0.3) is 0 Å². The number of ether oxygens (including phenoxy) is 1. The number of carbonyl (C=O) groups is 1. The van der Waals surface area contributed by atoms with Crippen molar-refractivity contribution in [1.82, 2.24) is 0 Å². The summed E-state index contributed by atoms with van der Waals surface area (Å²) in [6.45, 7) is 9.78. The number of esters is 1. The molecule has 0 radical (unpaired) electrons. The molecule has 0 fully saturated rings. The molecule has 0 heterocycles. The average Bonchev–Trinajstić information content (AvgIpc) is 2.15. The van der Waals surface area contributed by atoms with Gasteiger partial charge in [0.05, 0.1) is 5.41 Å². The highest BCUT2D eigenvalue weighted by Crippen LogP contribution is 2.24. The highest BCUT2D eigenvalue weighted by molar-refractivity contribution is 5.78. The van der Waals surface area contributed by atoms with Crippen molar-refractivity contribution < 1.29 is 9.53 Å². The fourth-order valence-electron chi connectivity index (χ4n) is 1.38. The lowest BCUT2D eigenvalue weighted by Crippen LogP contribution is -2.28. The highest BCUT2D eigenvalue weighted by atomic mass is 16.5. The predicted octanol–water partition coefficient (Wildman–Crippen LogP) is 3.65. The quantitative estimate of drug-likeness (QED) is 0.574. The van der Waals surface area contributed by atoms with E-state index >= 15 is 0 Å². The van der Waals surface area contributed by atoms with Crippen LogP contribution in [-0.2, 0) is 4.79 Å². The van der Waals surface area contributed by atoms with Crippen molar-refractivity contribution >= 4 is 5.97 Å². The van der Waals surface area contributed by atoms with E-state index in [4.69, 9.17) is 4.74 Å². The maximum Gasteiger partial charge on any atom is 0.316 e. The van der Waals surface area contributed by atoms with Gasteiger partial charge in [-0.05, 0) is 57.4 Å². The number of hydrogen-bond acceptors (Lipinski definition) is 2. The van der Waals surface area contributed by atoms with Crippen molar-refractivity contribution in [1.29, 1.82) is 0 Å². The Bertz CT molecular complexity index is 371. The van der Waals surface area contributed by atoms with Crippen LogP contribution in [0.4, 0.5) is 0 Å². The van der Waals surface area contributed by atoms with Crippen molar-refractivity contribution in [2.24, 2.45) is 5.41 Å². The standard InChI is InChI=1S/C14H20O2/c1-6-14(4,5)13(15)16-12-8-10(2)7-11(3)9-12/h7-9H,6H2,1-5H3. The van der Waals surface area contributed by atoms with Crippen LogP contribution in [0.2, 0.25) is 0 Å². The lowest BCUT2D eigenvalue weighted by molar-refractivity contribution is -0.144. The summed E-state index contributed by atoms with van der Waals surface area (Å²) in [5.74, 6) is 0.476. The van der Waals surface area contributed by atoms with Gasteiger partial charge in [0.15, 0.2) is 0 Å². The topological polar surface area (TPSA) is 26.3 Å². The van der Waals surface area contributed by atoms with Gasteiger partial charge >= 0.3 is 5.97 Å². The van der Waals surface area contributed by atoms with E-state index in [1.807, 2.05) is 46.8 Å². The van der Waals surface area contributed by atoms with Crippen LogP contribution in [0.15, 0.2) is 18.2 Å². The second-order valence-electron chi connectivity index (χ2n) is 4.95. The molecule has 1 rings (SSSR count). The Morgan fingerprint density at radius 3 is 2.12 bits per heavy atom. The molecule has 2 nitrogen and oxygen atoms in total. The van der Waals surface area contributed by atoms with Crippen molar-refractivity contribution in [2.45, 2.75) is 41.0 Å². The Labute approximate surface area is 97.6 Å². The number of benzene rings is 1. The Kier molecular flexibility index (Phi) is 3.74. The number of aryl methyl sites for hydroxylation is 2. The lowest BCUT2D eigenvalue weighted by atomic mass is 9.91. The smallest absolute Gasteiger partial charge is 0.316 e. The fraction of sp³-hybridized carbons (Fsp3) is 0.500. The van der Waals surface area contributed by atoms with E-state index < -0.39 is 5.41 Å². The predicted molar refractivity (Wildman–Crippen MR) is 65.6 cm³/mol. The zero-order valence-electron chi connectivity index (χ0n) is 10.8. The van der Waals surface area contributed by atoms with Crippen LogP contribution in [0, 0.1) is 19.3 Å². The number of carbonyl (C=O) groups excluding carboxylic acids is 1. The SMILES string of the molecule is CCC(C)(C)C(=O)Oc1cc(C)cc(C)c1. The molecule has 0 amide bonds. The van der Waals surface area contributed by atoms with Gasteiger partial charge in [0, 0.05) is 0 Å². The van der Waals surface area contributed by atoms with Gasteiger partial charge in [-0.15, -0.1) is 0 Å². The molecule has 0 bridgehead atoms. The number of rotatable bonds is 3. The Hall–Kier alpha value is -1.31. The zero-order valence-corrected chi connectivity index (χ0v) is 10.8. The first-order chi connectivity index (χ1) is 7.35. The molecule has 0 N–H and O–H groups in total. The maximum absolute atomic E-state index is 11.9. The molecule has 88 valence electrons. The van der Waals surface area contributed by atoms with Gasteiger partial charge in [-0.25, -0.2) is 0 Å². The maximum atomic E-state index is 11.9. The summed E-state index contributed by atoms with van der Waals surface area (Å²) < 4.78 is 5.39. The minimum absolute atomic E-state index is 0.167. The molecule has 0 spiro atoms.